The molecule has 1 amide bonds. The lowest BCUT2D eigenvalue weighted by atomic mass is 10.1. The molecule has 3 heterocycles. The highest BCUT2D eigenvalue weighted by Gasteiger charge is 2.35. The van der Waals surface area contributed by atoms with Gasteiger partial charge in [0.25, 0.3) is 0 Å². The minimum atomic E-state index is -4.64. The molecule has 8 nitrogen and oxygen atoms in total. The van der Waals surface area contributed by atoms with Crippen LogP contribution in [0.3, 0.4) is 0 Å². The molecule has 2 N–H and O–H groups in total. The molecule has 2 aromatic heterocycles. The van der Waals surface area contributed by atoms with E-state index in [1.807, 2.05) is 0 Å². The number of amides is 1. The van der Waals surface area contributed by atoms with E-state index >= 15 is 0 Å². The van der Waals surface area contributed by atoms with Gasteiger partial charge in [0, 0.05) is 17.5 Å². The van der Waals surface area contributed by atoms with Crippen molar-refractivity contribution in [3.8, 4) is 17.1 Å². The highest BCUT2D eigenvalue weighted by atomic mass is 19.4. The fraction of sp³-hybridized carbons (Fsp3) is 0.304. The first-order valence-corrected chi connectivity index (χ1v) is 10.8. The Hall–Kier alpha value is -3.89. The van der Waals surface area contributed by atoms with Crippen molar-refractivity contribution in [1.29, 1.82) is 0 Å². The minimum Gasteiger partial charge on any atom is -0.497 e. The molecule has 1 saturated heterocycles. The number of rotatable bonds is 4. The second-order valence-corrected chi connectivity index (χ2v) is 8.02. The zero-order chi connectivity index (χ0) is 23.9. The quantitative estimate of drug-likeness (QED) is 0.468. The lowest BCUT2D eigenvalue weighted by Crippen LogP contribution is -2.38. The molecule has 176 valence electrons. The zero-order valence-corrected chi connectivity index (χ0v) is 18.2. The standard InChI is InChI=1S/C23H21F3N6O2/c1-34-13-9-10-14(16(12-13)23(24,25)26)19-30-20-15-6-2-3-7-17(15)28-22(32(20)31-19)29-18-8-4-5-11-27-21(18)33/h2-3,6-7,9-10,12,18H,4-5,8,11H2,1H3,(H,27,33)(H,28,29)/t18-/m0/s1. The molecule has 1 aliphatic heterocycles. The van der Waals surface area contributed by atoms with E-state index in [1.165, 1.54) is 23.8 Å². The van der Waals surface area contributed by atoms with Crippen molar-refractivity contribution in [2.24, 2.45) is 0 Å². The highest BCUT2D eigenvalue weighted by molar-refractivity contribution is 5.93. The van der Waals surface area contributed by atoms with Crippen molar-refractivity contribution < 1.29 is 22.7 Å². The van der Waals surface area contributed by atoms with Crippen LogP contribution in [0, 0.1) is 0 Å². The summed E-state index contributed by atoms with van der Waals surface area (Å²) in [5, 5.41) is 11.0. The van der Waals surface area contributed by atoms with E-state index in [0.29, 0.717) is 29.5 Å². The number of para-hydroxylation sites is 1. The fourth-order valence-electron chi connectivity index (χ4n) is 4.08. The first-order valence-electron chi connectivity index (χ1n) is 10.8. The van der Waals surface area contributed by atoms with Gasteiger partial charge in [0.15, 0.2) is 11.5 Å². The summed E-state index contributed by atoms with van der Waals surface area (Å²) in [5.74, 6) is 0.0437. The molecule has 1 fully saturated rings. The monoisotopic (exact) mass is 470 g/mol. The summed E-state index contributed by atoms with van der Waals surface area (Å²) >= 11 is 0. The summed E-state index contributed by atoms with van der Waals surface area (Å²) < 4.78 is 47.9. The number of nitrogens with one attached hydrogen (secondary N) is 2. The summed E-state index contributed by atoms with van der Waals surface area (Å²) in [6.45, 7) is 0.600. The molecular weight excluding hydrogens is 449 g/mol. The van der Waals surface area contributed by atoms with Crippen LogP contribution in [-0.2, 0) is 11.0 Å². The lowest BCUT2D eigenvalue weighted by molar-refractivity contribution is -0.137. The number of alkyl halides is 3. The maximum Gasteiger partial charge on any atom is 0.417 e. The molecule has 11 heteroatoms. The second-order valence-electron chi connectivity index (χ2n) is 8.02. The molecule has 0 unspecified atom stereocenters. The van der Waals surface area contributed by atoms with Gasteiger partial charge in [0.1, 0.15) is 11.8 Å². The summed E-state index contributed by atoms with van der Waals surface area (Å²) in [6.07, 6.45) is -2.33. The largest absolute Gasteiger partial charge is 0.497 e. The third-order valence-electron chi connectivity index (χ3n) is 5.79. The van der Waals surface area contributed by atoms with Crippen molar-refractivity contribution in [3.63, 3.8) is 0 Å². The molecule has 0 bridgehead atoms. The molecule has 0 saturated carbocycles. The van der Waals surface area contributed by atoms with E-state index < -0.39 is 17.8 Å². The van der Waals surface area contributed by atoms with Gasteiger partial charge in [-0.1, -0.05) is 12.1 Å². The summed E-state index contributed by atoms with van der Waals surface area (Å²) in [6, 6.07) is 10.2. The fourth-order valence-corrected chi connectivity index (χ4v) is 4.08. The van der Waals surface area contributed by atoms with Crippen molar-refractivity contribution in [1.82, 2.24) is 24.9 Å². The molecule has 2 aromatic carbocycles. The van der Waals surface area contributed by atoms with Crippen LogP contribution in [0.4, 0.5) is 19.1 Å². The van der Waals surface area contributed by atoms with Crippen molar-refractivity contribution >= 4 is 28.4 Å². The van der Waals surface area contributed by atoms with Crippen LogP contribution in [0.2, 0.25) is 0 Å². The number of carbonyl (C=O) groups is 1. The smallest absolute Gasteiger partial charge is 0.417 e. The first-order chi connectivity index (χ1) is 16.3. The van der Waals surface area contributed by atoms with Gasteiger partial charge in [-0.2, -0.15) is 17.7 Å². The Morgan fingerprint density at radius 3 is 2.76 bits per heavy atom. The number of hydrogen-bond donors (Lipinski definition) is 2. The van der Waals surface area contributed by atoms with E-state index in [1.54, 1.807) is 24.3 Å². The summed E-state index contributed by atoms with van der Waals surface area (Å²) in [7, 11) is 1.30. The number of benzene rings is 2. The van der Waals surface area contributed by atoms with E-state index in [0.717, 1.165) is 18.9 Å². The van der Waals surface area contributed by atoms with E-state index in [2.05, 4.69) is 25.7 Å². The average molecular weight is 470 g/mol. The zero-order valence-electron chi connectivity index (χ0n) is 18.2. The molecular formula is C23H21F3N6O2. The predicted molar refractivity (Wildman–Crippen MR) is 120 cm³/mol. The predicted octanol–water partition coefficient (Wildman–Crippen LogP) is 4.05. The normalized spacial score (nSPS) is 16.9. The number of carbonyl (C=O) groups excluding carboxylic acids is 1. The van der Waals surface area contributed by atoms with Crippen LogP contribution >= 0.6 is 0 Å². The highest BCUT2D eigenvalue weighted by Crippen LogP contribution is 2.38. The van der Waals surface area contributed by atoms with Crippen LogP contribution in [-0.4, -0.2) is 45.2 Å². The first kappa shape index (κ1) is 21.9. The van der Waals surface area contributed by atoms with Gasteiger partial charge < -0.3 is 15.4 Å². The van der Waals surface area contributed by atoms with E-state index in [9.17, 15) is 18.0 Å². The van der Waals surface area contributed by atoms with Crippen LogP contribution in [0.25, 0.3) is 27.9 Å². The third-order valence-corrected chi connectivity index (χ3v) is 5.79. The third kappa shape index (κ3) is 3.97. The maximum absolute atomic E-state index is 13.8. The van der Waals surface area contributed by atoms with Crippen LogP contribution < -0.4 is 15.4 Å². The topological polar surface area (TPSA) is 93.4 Å². The number of halogens is 3. The van der Waals surface area contributed by atoms with Gasteiger partial charge in [-0.3, -0.25) is 4.79 Å². The Morgan fingerprint density at radius 1 is 1.15 bits per heavy atom. The molecule has 4 aromatic rings. The van der Waals surface area contributed by atoms with Crippen LogP contribution in [0.15, 0.2) is 42.5 Å². The maximum atomic E-state index is 13.8. The Bertz CT molecular complexity index is 1380. The van der Waals surface area contributed by atoms with Crippen molar-refractivity contribution in [2.75, 3.05) is 19.0 Å². The number of hydrogen-bond acceptors (Lipinski definition) is 6. The molecule has 34 heavy (non-hydrogen) atoms. The molecule has 1 aliphatic rings. The summed E-state index contributed by atoms with van der Waals surface area (Å²) in [5.41, 5.74) is -0.172. The minimum absolute atomic E-state index is 0.0775. The van der Waals surface area contributed by atoms with Crippen molar-refractivity contribution in [3.05, 3.63) is 48.0 Å². The Labute approximate surface area is 192 Å². The Morgan fingerprint density at radius 2 is 1.97 bits per heavy atom. The lowest BCUT2D eigenvalue weighted by Gasteiger charge is -2.16. The molecule has 0 spiro atoms. The van der Waals surface area contributed by atoms with Crippen LogP contribution in [0.5, 0.6) is 5.75 Å². The molecule has 5 rings (SSSR count). The van der Waals surface area contributed by atoms with Crippen molar-refractivity contribution in [2.45, 2.75) is 31.5 Å². The number of ether oxygens (including phenoxy) is 1. The van der Waals surface area contributed by atoms with E-state index in [-0.39, 0.29) is 29.0 Å². The summed E-state index contributed by atoms with van der Waals surface area (Å²) in [4.78, 5) is 21.5. The molecule has 0 radical (unpaired) electrons. The SMILES string of the molecule is COc1ccc(-c2nc3c4ccccc4nc(N[C@H]4CCCCNC4=O)n3n2)c(C(F)(F)F)c1. The number of anilines is 1. The second kappa shape index (κ2) is 8.47. The van der Waals surface area contributed by atoms with E-state index in [4.69, 9.17) is 4.74 Å². The van der Waals surface area contributed by atoms with Gasteiger partial charge in [0.05, 0.1) is 18.2 Å². The Balaban J connectivity index is 1.69. The van der Waals surface area contributed by atoms with Gasteiger partial charge in [-0.15, -0.1) is 5.10 Å². The van der Waals surface area contributed by atoms with Gasteiger partial charge in [-0.25, -0.2) is 9.97 Å². The van der Waals surface area contributed by atoms with Gasteiger partial charge in [-0.05, 0) is 49.6 Å². The number of fused-ring (bicyclic) bond motifs is 3. The van der Waals surface area contributed by atoms with Gasteiger partial charge in [0.2, 0.25) is 11.9 Å². The number of methoxy groups -OCH3 is 1. The number of nitrogens with zero attached hydrogens (tertiary/aromatic N) is 4. The van der Waals surface area contributed by atoms with Gasteiger partial charge >= 0.3 is 6.18 Å². The van der Waals surface area contributed by atoms with Crippen LogP contribution in [0.1, 0.15) is 24.8 Å². The molecule has 0 aliphatic carbocycles. The molecule has 1 atom stereocenters. The Kier molecular flexibility index (Phi) is 5.46. The average Bonchev–Trinajstić information content (AvgIpc) is 3.18. The number of aromatic nitrogens is 4.